The van der Waals surface area contributed by atoms with Gasteiger partial charge in [-0.2, -0.15) is 0 Å². The highest BCUT2D eigenvalue weighted by Crippen LogP contribution is 2.40. The van der Waals surface area contributed by atoms with Crippen LogP contribution in [0.5, 0.6) is 0 Å². The van der Waals surface area contributed by atoms with Crippen LogP contribution in [0.25, 0.3) is 0 Å². The SMILES string of the molecule is O=C1c2ccccc2[C@](O)(Cc2ccccc2)N1Cc1ccccc1. The summed E-state index contributed by atoms with van der Waals surface area (Å²) in [6, 6.07) is 26.9. The fraction of sp³-hybridized carbons (Fsp3) is 0.136. The molecule has 0 aromatic heterocycles. The zero-order valence-corrected chi connectivity index (χ0v) is 13.8. The summed E-state index contributed by atoms with van der Waals surface area (Å²) in [7, 11) is 0. The molecule has 1 amide bonds. The minimum atomic E-state index is -1.34. The van der Waals surface area contributed by atoms with Crippen LogP contribution in [0.1, 0.15) is 27.0 Å². The predicted molar refractivity (Wildman–Crippen MR) is 96.8 cm³/mol. The molecule has 0 aliphatic carbocycles. The summed E-state index contributed by atoms with van der Waals surface area (Å²) in [4.78, 5) is 14.6. The molecule has 1 heterocycles. The Hall–Kier alpha value is -2.91. The van der Waals surface area contributed by atoms with E-state index in [4.69, 9.17) is 0 Å². The molecule has 0 saturated heterocycles. The van der Waals surface area contributed by atoms with E-state index in [0.29, 0.717) is 24.1 Å². The molecule has 0 bridgehead atoms. The fourth-order valence-electron chi connectivity index (χ4n) is 3.52. The van der Waals surface area contributed by atoms with Gasteiger partial charge >= 0.3 is 0 Å². The van der Waals surface area contributed by atoms with Crippen molar-refractivity contribution in [2.24, 2.45) is 0 Å². The van der Waals surface area contributed by atoms with Crippen LogP contribution >= 0.6 is 0 Å². The monoisotopic (exact) mass is 329 g/mol. The van der Waals surface area contributed by atoms with Gasteiger partial charge in [-0.15, -0.1) is 0 Å². The van der Waals surface area contributed by atoms with Crippen molar-refractivity contribution in [2.75, 3.05) is 0 Å². The first-order chi connectivity index (χ1) is 12.2. The molecule has 0 radical (unpaired) electrons. The molecule has 0 saturated carbocycles. The molecule has 3 aromatic rings. The Morgan fingerprint density at radius 3 is 2.00 bits per heavy atom. The summed E-state index contributed by atoms with van der Waals surface area (Å²) >= 11 is 0. The molecular weight excluding hydrogens is 310 g/mol. The van der Waals surface area contributed by atoms with E-state index < -0.39 is 5.72 Å². The molecule has 0 spiro atoms. The summed E-state index contributed by atoms with van der Waals surface area (Å²) in [6.45, 7) is 0.373. The van der Waals surface area contributed by atoms with Crippen molar-refractivity contribution in [1.82, 2.24) is 4.90 Å². The van der Waals surface area contributed by atoms with Gasteiger partial charge in [0.05, 0.1) is 0 Å². The van der Waals surface area contributed by atoms with Crippen molar-refractivity contribution in [3.63, 3.8) is 0 Å². The molecular formula is C22H19NO2. The first-order valence-corrected chi connectivity index (χ1v) is 8.40. The number of hydrogen-bond acceptors (Lipinski definition) is 2. The van der Waals surface area contributed by atoms with Crippen LogP contribution in [0, 0.1) is 0 Å². The topological polar surface area (TPSA) is 40.5 Å². The lowest BCUT2D eigenvalue weighted by atomic mass is 9.94. The third-order valence-electron chi connectivity index (χ3n) is 4.76. The molecule has 1 aliphatic heterocycles. The van der Waals surface area contributed by atoms with Crippen LogP contribution < -0.4 is 0 Å². The zero-order valence-electron chi connectivity index (χ0n) is 13.8. The standard InChI is InChI=1S/C22H19NO2/c24-21-19-13-7-8-14-20(19)22(25,15-17-9-3-1-4-10-17)23(21)16-18-11-5-2-6-12-18/h1-14,25H,15-16H2/t22-/m1/s1. The van der Waals surface area contributed by atoms with Gasteiger partial charge in [0.1, 0.15) is 0 Å². The highest BCUT2D eigenvalue weighted by atomic mass is 16.3. The second-order valence-electron chi connectivity index (χ2n) is 6.40. The van der Waals surface area contributed by atoms with Crippen LogP contribution in [-0.2, 0) is 18.7 Å². The predicted octanol–water partition coefficient (Wildman–Crippen LogP) is 3.73. The first kappa shape index (κ1) is 15.6. The number of hydrogen-bond donors (Lipinski definition) is 1. The average Bonchev–Trinajstić information content (AvgIpc) is 2.86. The number of benzene rings is 3. The normalized spacial score (nSPS) is 19.1. The average molecular weight is 329 g/mol. The number of carbonyl (C=O) groups is 1. The second-order valence-corrected chi connectivity index (χ2v) is 6.40. The highest BCUT2D eigenvalue weighted by Gasteiger charge is 2.48. The van der Waals surface area contributed by atoms with E-state index in [9.17, 15) is 9.90 Å². The Kier molecular flexibility index (Phi) is 3.86. The van der Waals surface area contributed by atoms with Crippen molar-refractivity contribution in [3.8, 4) is 0 Å². The summed E-state index contributed by atoms with van der Waals surface area (Å²) < 4.78 is 0. The van der Waals surface area contributed by atoms with E-state index in [-0.39, 0.29) is 5.91 Å². The van der Waals surface area contributed by atoms with Crippen molar-refractivity contribution in [2.45, 2.75) is 18.7 Å². The molecule has 3 aromatic carbocycles. The van der Waals surface area contributed by atoms with Gasteiger partial charge in [0.2, 0.25) is 0 Å². The Balaban J connectivity index is 1.77. The quantitative estimate of drug-likeness (QED) is 0.792. The lowest BCUT2D eigenvalue weighted by molar-refractivity contribution is -0.0878. The number of nitrogens with zero attached hydrogens (tertiary/aromatic N) is 1. The third kappa shape index (κ3) is 2.73. The lowest BCUT2D eigenvalue weighted by Gasteiger charge is -2.34. The number of fused-ring (bicyclic) bond motifs is 1. The summed E-state index contributed by atoms with van der Waals surface area (Å²) in [6.07, 6.45) is 0.365. The van der Waals surface area contributed by atoms with E-state index >= 15 is 0 Å². The van der Waals surface area contributed by atoms with Crippen LogP contribution in [0.4, 0.5) is 0 Å². The van der Waals surface area contributed by atoms with Crippen LogP contribution in [0.2, 0.25) is 0 Å². The molecule has 4 rings (SSSR count). The molecule has 1 atom stereocenters. The Morgan fingerprint density at radius 2 is 1.32 bits per heavy atom. The highest BCUT2D eigenvalue weighted by molar-refractivity contribution is 5.99. The van der Waals surface area contributed by atoms with Gasteiger partial charge in [-0.05, 0) is 17.2 Å². The smallest absolute Gasteiger partial charge is 0.257 e. The van der Waals surface area contributed by atoms with E-state index in [2.05, 4.69) is 0 Å². The molecule has 1 aliphatic rings. The van der Waals surface area contributed by atoms with Crippen LogP contribution in [0.3, 0.4) is 0 Å². The van der Waals surface area contributed by atoms with E-state index in [1.807, 2.05) is 78.9 Å². The van der Waals surface area contributed by atoms with Gasteiger partial charge < -0.3 is 10.0 Å². The van der Waals surface area contributed by atoms with E-state index in [1.54, 1.807) is 11.0 Å². The van der Waals surface area contributed by atoms with Crippen molar-refractivity contribution in [1.29, 1.82) is 0 Å². The number of amides is 1. The second kappa shape index (κ2) is 6.19. The molecule has 3 nitrogen and oxygen atoms in total. The molecule has 0 fully saturated rings. The molecule has 0 unspecified atom stereocenters. The van der Waals surface area contributed by atoms with E-state index in [0.717, 1.165) is 11.1 Å². The summed E-state index contributed by atoms with van der Waals surface area (Å²) in [5.74, 6) is -0.127. The van der Waals surface area contributed by atoms with Crippen molar-refractivity contribution in [3.05, 3.63) is 107 Å². The maximum absolute atomic E-state index is 13.0. The summed E-state index contributed by atoms with van der Waals surface area (Å²) in [5.41, 5.74) is 1.91. The van der Waals surface area contributed by atoms with Crippen LogP contribution in [0.15, 0.2) is 84.9 Å². The molecule has 3 heteroatoms. The van der Waals surface area contributed by atoms with Crippen LogP contribution in [-0.4, -0.2) is 15.9 Å². The fourth-order valence-corrected chi connectivity index (χ4v) is 3.52. The lowest BCUT2D eigenvalue weighted by Crippen LogP contribution is -2.45. The number of carbonyl (C=O) groups excluding carboxylic acids is 1. The molecule has 25 heavy (non-hydrogen) atoms. The Morgan fingerprint density at radius 1 is 0.760 bits per heavy atom. The Labute approximate surface area is 147 Å². The first-order valence-electron chi connectivity index (χ1n) is 8.40. The Bertz CT molecular complexity index is 892. The molecule has 124 valence electrons. The van der Waals surface area contributed by atoms with Crippen molar-refractivity contribution < 1.29 is 9.90 Å². The largest absolute Gasteiger partial charge is 0.366 e. The van der Waals surface area contributed by atoms with Gasteiger partial charge in [0.15, 0.2) is 5.72 Å². The minimum absolute atomic E-state index is 0.127. The van der Waals surface area contributed by atoms with Gasteiger partial charge in [-0.3, -0.25) is 4.79 Å². The van der Waals surface area contributed by atoms with Gasteiger partial charge in [-0.25, -0.2) is 0 Å². The number of aliphatic hydroxyl groups is 1. The van der Waals surface area contributed by atoms with Crippen molar-refractivity contribution >= 4 is 5.91 Å². The van der Waals surface area contributed by atoms with Gasteiger partial charge in [0.25, 0.3) is 5.91 Å². The maximum atomic E-state index is 13.0. The van der Waals surface area contributed by atoms with E-state index in [1.165, 1.54) is 0 Å². The number of rotatable bonds is 4. The van der Waals surface area contributed by atoms with Gasteiger partial charge in [-0.1, -0.05) is 78.9 Å². The zero-order chi connectivity index (χ0) is 17.3. The van der Waals surface area contributed by atoms with Gasteiger partial charge in [0, 0.05) is 24.1 Å². The minimum Gasteiger partial charge on any atom is -0.366 e. The molecule has 1 N–H and O–H groups in total. The maximum Gasteiger partial charge on any atom is 0.257 e. The summed E-state index contributed by atoms with van der Waals surface area (Å²) in [5, 5.41) is 11.6. The third-order valence-corrected chi connectivity index (χ3v) is 4.76.